The number of alkyl halides is 1. The lowest BCUT2D eigenvalue weighted by atomic mass is 9.94. The third-order valence-electron chi connectivity index (χ3n) is 6.47. The standard InChI is InChI=1S/C27H33FN2O2/c1-5-29-18(3)17(2)21-7-8-22-14-24(32-26(22)15-21)10-12-30-19(4)27(28)23-9-6-20-11-13-31-25(20)16-23/h6-9,11,13-19,27,29-30H,5,10,12H2,1-4H3. The molecule has 4 rings (SSSR count). The fraction of sp³-hybridized carbons (Fsp3) is 0.407. The average Bonchev–Trinajstić information content (AvgIpc) is 3.43. The van der Waals surface area contributed by atoms with Crippen LogP contribution in [0.2, 0.25) is 0 Å². The second kappa shape index (κ2) is 9.88. The molecule has 2 N–H and O–H groups in total. The monoisotopic (exact) mass is 436 g/mol. The van der Waals surface area contributed by atoms with E-state index in [-0.39, 0.29) is 6.04 Å². The summed E-state index contributed by atoms with van der Waals surface area (Å²) in [5.74, 6) is 1.31. The Morgan fingerprint density at radius 2 is 1.59 bits per heavy atom. The molecule has 0 amide bonds. The van der Waals surface area contributed by atoms with E-state index < -0.39 is 6.17 Å². The Kier molecular flexibility index (Phi) is 6.97. The smallest absolute Gasteiger partial charge is 0.140 e. The maximum absolute atomic E-state index is 15.0. The van der Waals surface area contributed by atoms with Crippen molar-refractivity contribution in [1.82, 2.24) is 10.6 Å². The molecule has 0 bridgehead atoms. The van der Waals surface area contributed by atoms with Crippen LogP contribution in [0, 0.1) is 0 Å². The second-order valence-corrected chi connectivity index (χ2v) is 8.76. The van der Waals surface area contributed by atoms with Gasteiger partial charge in [0.15, 0.2) is 0 Å². The van der Waals surface area contributed by atoms with E-state index in [1.54, 1.807) is 12.3 Å². The number of halogens is 1. The van der Waals surface area contributed by atoms with Crippen LogP contribution >= 0.6 is 0 Å². The largest absolute Gasteiger partial charge is 0.464 e. The molecule has 4 aromatic rings. The molecule has 4 nitrogen and oxygen atoms in total. The van der Waals surface area contributed by atoms with Gasteiger partial charge in [0.2, 0.25) is 0 Å². The van der Waals surface area contributed by atoms with Crippen molar-refractivity contribution in [3.8, 4) is 0 Å². The first-order chi connectivity index (χ1) is 15.5. The fourth-order valence-corrected chi connectivity index (χ4v) is 4.25. The molecule has 0 spiro atoms. The number of hydrogen-bond acceptors (Lipinski definition) is 4. The van der Waals surface area contributed by atoms with Gasteiger partial charge in [-0.15, -0.1) is 0 Å². The van der Waals surface area contributed by atoms with Gasteiger partial charge in [-0.2, -0.15) is 0 Å². The average molecular weight is 437 g/mol. The molecule has 170 valence electrons. The van der Waals surface area contributed by atoms with Crippen LogP contribution in [0.5, 0.6) is 0 Å². The molecule has 0 radical (unpaired) electrons. The summed E-state index contributed by atoms with van der Waals surface area (Å²) in [6.07, 6.45) is 1.23. The topological polar surface area (TPSA) is 50.3 Å². The van der Waals surface area contributed by atoms with Crippen LogP contribution in [0.4, 0.5) is 4.39 Å². The number of rotatable bonds is 10. The van der Waals surface area contributed by atoms with E-state index >= 15 is 0 Å². The minimum atomic E-state index is -1.11. The molecule has 0 fully saturated rings. The van der Waals surface area contributed by atoms with Crippen LogP contribution in [-0.2, 0) is 6.42 Å². The molecule has 2 heterocycles. The number of hydrogen-bond donors (Lipinski definition) is 2. The summed E-state index contributed by atoms with van der Waals surface area (Å²) in [6, 6.07) is 16.0. The molecular formula is C27H33FN2O2. The van der Waals surface area contributed by atoms with Gasteiger partial charge in [-0.25, -0.2) is 4.39 Å². The Morgan fingerprint density at radius 1 is 0.844 bits per heavy atom. The van der Waals surface area contributed by atoms with E-state index in [2.05, 4.69) is 55.7 Å². The van der Waals surface area contributed by atoms with Gasteiger partial charge in [0.05, 0.1) is 6.26 Å². The predicted octanol–water partition coefficient (Wildman–Crippen LogP) is 6.51. The van der Waals surface area contributed by atoms with Crippen LogP contribution in [0.15, 0.2) is 63.6 Å². The van der Waals surface area contributed by atoms with Crippen LogP contribution in [0.3, 0.4) is 0 Å². The third-order valence-corrected chi connectivity index (χ3v) is 6.47. The van der Waals surface area contributed by atoms with Crippen molar-refractivity contribution in [1.29, 1.82) is 0 Å². The summed E-state index contributed by atoms with van der Waals surface area (Å²) in [4.78, 5) is 0. The van der Waals surface area contributed by atoms with Crippen molar-refractivity contribution in [3.63, 3.8) is 0 Å². The molecule has 0 aliphatic carbocycles. The summed E-state index contributed by atoms with van der Waals surface area (Å²) >= 11 is 0. The van der Waals surface area contributed by atoms with Gasteiger partial charge in [-0.3, -0.25) is 0 Å². The number of nitrogens with one attached hydrogen (secondary N) is 2. The number of likely N-dealkylation sites (N-methyl/N-ethyl adjacent to an activating group) is 1. The van der Waals surface area contributed by atoms with Crippen molar-refractivity contribution >= 4 is 21.9 Å². The molecule has 2 aromatic heterocycles. The van der Waals surface area contributed by atoms with E-state index in [4.69, 9.17) is 8.83 Å². The van der Waals surface area contributed by atoms with Crippen molar-refractivity contribution in [2.24, 2.45) is 0 Å². The van der Waals surface area contributed by atoms with Gasteiger partial charge in [-0.1, -0.05) is 38.1 Å². The highest BCUT2D eigenvalue weighted by Gasteiger charge is 2.19. The minimum Gasteiger partial charge on any atom is -0.464 e. The molecule has 32 heavy (non-hydrogen) atoms. The first-order valence-corrected chi connectivity index (χ1v) is 11.6. The highest BCUT2D eigenvalue weighted by molar-refractivity contribution is 5.79. The molecule has 4 unspecified atom stereocenters. The van der Waals surface area contributed by atoms with Gasteiger partial charge in [0.1, 0.15) is 23.1 Å². The summed E-state index contributed by atoms with van der Waals surface area (Å²) in [5.41, 5.74) is 3.53. The summed E-state index contributed by atoms with van der Waals surface area (Å²) < 4.78 is 26.5. The van der Waals surface area contributed by atoms with Gasteiger partial charge < -0.3 is 19.5 Å². The molecular weight excluding hydrogens is 403 g/mol. The second-order valence-electron chi connectivity index (χ2n) is 8.76. The first-order valence-electron chi connectivity index (χ1n) is 11.6. The van der Waals surface area contributed by atoms with E-state index in [0.717, 1.165) is 28.7 Å². The van der Waals surface area contributed by atoms with Crippen molar-refractivity contribution in [3.05, 3.63) is 71.7 Å². The maximum Gasteiger partial charge on any atom is 0.140 e. The predicted molar refractivity (Wildman–Crippen MR) is 129 cm³/mol. The summed E-state index contributed by atoms with van der Waals surface area (Å²) in [5, 5.41) is 8.88. The van der Waals surface area contributed by atoms with Crippen molar-refractivity contribution in [2.75, 3.05) is 13.1 Å². The maximum atomic E-state index is 15.0. The molecule has 0 saturated heterocycles. The molecule has 0 aliphatic rings. The van der Waals surface area contributed by atoms with E-state index in [0.29, 0.717) is 36.1 Å². The van der Waals surface area contributed by atoms with E-state index in [1.165, 1.54) is 5.56 Å². The lowest BCUT2D eigenvalue weighted by Gasteiger charge is -2.20. The highest BCUT2D eigenvalue weighted by atomic mass is 19.1. The number of fused-ring (bicyclic) bond motifs is 2. The van der Waals surface area contributed by atoms with Crippen LogP contribution < -0.4 is 10.6 Å². The molecule has 4 atom stereocenters. The van der Waals surface area contributed by atoms with Crippen LogP contribution in [0.25, 0.3) is 21.9 Å². The zero-order valence-corrected chi connectivity index (χ0v) is 19.3. The number of furan rings is 2. The molecule has 0 saturated carbocycles. The van der Waals surface area contributed by atoms with Crippen molar-refractivity contribution in [2.45, 2.75) is 58.3 Å². The lowest BCUT2D eigenvalue weighted by Crippen LogP contribution is -2.32. The Bertz CT molecular complexity index is 1160. The Hall–Kier alpha value is -2.63. The summed E-state index contributed by atoms with van der Waals surface area (Å²) in [7, 11) is 0. The minimum absolute atomic E-state index is 0.313. The van der Waals surface area contributed by atoms with Crippen LogP contribution in [-0.4, -0.2) is 25.2 Å². The lowest BCUT2D eigenvalue weighted by molar-refractivity contribution is 0.266. The summed E-state index contributed by atoms with van der Waals surface area (Å²) in [6.45, 7) is 10.0. The molecule has 0 aliphatic heterocycles. The number of benzene rings is 2. The van der Waals surface area contributed by atoms with E-state index in [9.17, 15) is 4.39 Å². The Balaban J connectivity index is 1.35. The first kappa shape index (κ1) is 22.6. The van der Waals surface area contributed by atoms with Gasteiger partial charge in [-0.05, 0) is 61.7 Å². The normalized spacial score (nSPS) is 15.8. The Labute approximate surface area is 189 Å². The zero-order valence-electron chi connectivity index (χ0n) is 19.3. The fourth-order valence-electron chi connectivity index (χ4n) is 4.25. The van der Waals surface area contributed by atoms with Gasteiger partial charge >= 0.3 is 0 Å². The van der Waals surface area contributed by atoms with E-state index in [1.807, 2.05) is 25.1 Å². The van der Waals surface area contributed by atoms with Gasteiger partial charge in [0, 0.05) is 35.8 Å². The molecule has 2 aromatic carbocycles. The Morgan fingerprint density at radius 3 is 2.41 bits per heavy atom. The van der Waals surface area contributed by atoms with Gasteiger partial charge in [0.25, 0.3) is 0 Å². The van der Waals surface area contributed by atoms with Crippen molar-refractivity contribution < 1.29 is 13.2 Å². The van der Waals surface area contributed by atoms with Crippen LogP contribution in [0.1, 0.15) is 56.7 Å². The molecule has 5 heteroatoms. The third kappa shape index (κ3) is 4.89. The highest BCUT2D eigenvalue weighted by Crippen LogP contribution is 2.28. The SMILES string of the molecule is CCNC(C)C(C)c1ccc2cc(CCNC(C)C(F)c3ccc4ccoc4c3)oc2c1. The zero-order chi connectivity index (χ0) is 22.7. The quantitative estimate of drug-likeness (QED) is 0.297.